The molecule has 0 radical (unpaired) electrons. The van der Waals surface area contributed by atoms with E-state index >= 15 is 0 Å². The van der Waals surface area contributed by atoms with Crippen molar-refractivity contribution >= 4 is 0 Å². The minimum Gasteiger partial charge on any atom is -0.394 e. The SMILES string of the molecule is Cc1cc(F)ccc1C(CO)NCC1CC1. The Morgan fingerprint density at radius 3 is 2.81 bits per heavy atom. The summed E-state index contributed by atoms with van der Waals surface area (Å²) in [6.45, 7) is 2.88. The molecule has 1 unspecified atom stereocenters. The first-order valence-electron chi connectivity index (χ1n) is 5.81. The maximum Gasteiger partial charge on any atom is 0.123 e. The summed E-state index contributed by atoms with van der Waals surface area (Å²) in [5.41, 5.74) is 1.88. The first-order chi connectivity index (χ1) is 7.70. The van der Waals surface area contributed by atoms with Gasteiger partial charge in [0.15, 0.2) is 0 Å². The molecule has 0 spiro atoms. The lowest BCUT2D eigenvalue weighted by atomic mass is 10.0. The molecule has 1 saturated carbocycles. The fourth-order valence-electron chi connectivity index (χ4n) is 1.93. The lowest BCUT2D eigenvalue weighted by molar-refractivity contribution is 0.243. The van der Waals surface area contributed by atoms with Gasteiger partial charge in [0, 0.05) is 0 Å². The van der Waals surface area contributed by atoms with Gasteiger partial charge in [-0.05, 0) is 55.5 Å². The third-order valence-corrected chi connectivity index (χ3v) is 3.14. The van der Waals surface area contributed by atoms with Crippen molar-refractivity contribution in [1.82, 2.24) is 5.32 Å². The standard InChI is InChI=1S/C13H18FNO/c1-9-6-11(14)4-5-12(9)13(8-16)15-7-10-2-3-10/h4-6,10,13,15-16H,2-3,7-8H2,1H3. The number of aryl methyl sites for hydroxylation is 1. The third kappa shape index (κ3) is 2.80. The monoisotopic (exact) mass is 223 g/mol. The molecule has 1 aromatic rings. The largest absolute Gasteiger partial charge is 0.394 e. The van der Waals surface area contributed by atoms with Crippen molar-refractivity contribution < 1.29 is 9.50 Å². The van der Waals surface area contributed by atoms with Gasteiger partial charge in [0.25, 0.3) is 0 Å². The van der Waals surface area contributed by atoms with Crippen molar-refractivity contribution in [2.45, 2.75) is 25.8 Å². The van der Waals surface area contributed by atoms with Crippen LogP contribution in [0, 0.1) is 18.7 Å². The summed E-state index contributed by atoms with van der Waals surface area (Å²) in [6.07, 6.45) is 2.57. The molecule has 88 valence electrons. The average molecular weight is 223 g/mol. The van der Waals surface area contributed by atoms with Crippen molar-refractivity contribution in [3.05, 3.63) is 35.1 Å². The van der Waals surface area contributed by atoms with Crippen LogP contribution in [0.5, 0.6) is 0 Å². The molecule has 0 heterocycles. The molecular formula is C13H18FNO. The smallest absolute Gasteiger partial charge is 0.123 e. The van der Waals surface area contributed by atoms with Crippen LogP contribution in [0.3, 0.4) is 0 Å². The molecule has 0 saturated heterocycles. The van der Waals surface area contributed by atoms with Crippen molar-refractivity contribution in [3.63, 3.8) is 0 Å². The number of rotatable bonds is 5. The van der Waals surface area contributed by atoms with Gasteiger partial charge in [-0.3, -0.25) is 0 Å². The molecule has 1 fully saturated rings. The summed E-state index contributed by atoms with van der Waals surface area (Å²) in [7, 11) is 0. The Hall–Kier alpha value is -0.930. The fourth-order valence-corrected chi connectivity index (χ4v) is 1.93. The van der Waals surface area contributed by atoms with Crippen LogP contribution in [-0.2, 0) is 0 Å². The predicted octanol–water partition coefficient (Wildman–Crippen LogP) is 2.17. The lowest BCUT2D eigenvalue weighted by Gasteiger charge is -2.18. The number of halogens is 1. The summed E-state index contributed by atoms with van der Waals surface area (Å²) >= 11 is 0. The number of hydrogen-bond acceptors (Lipinski definition) is 2. The van der Waals surface area contributed by atoms with Crippen molar-refractivity contribution in [2.75, 3.05) is 13.2 Å². The second-order valence-electron chi connectivity index (χ2n) is 4.59. The van der Waals surface area contributed by atoms with E-state index in [0.29, 0.717) is 0 Å². The summed E-state index contributed by atoms with van der Waals surface area (Å²) in [5, 5.41) is 12.7. The highest BCUT2D eigenvalue weighted by Crippen LogP contribution is 2.29. The van der Waals surface area contributed by atoms with Gasteiger partial charge in [-0.15, -0.1) is 0 Å². The van der Waals surface area contributed by atoms with Crippen LogP contribution < -0.4 is 5.32 Å². The molecule has 2 rings (SSSR count). The molecule has 1 aromatic carbocycles. The van der Waals surface area contributed by atoms with Gasteiger partial charge >= 0.3 is 0 Å². The quantitative estimate of drug-likeness (QED) is 0.801. The van der Waals surface area contributed by atoms with Crippen molar-refractivity contribution in [3.8, 4) is 0 Å². The minimum atomic E-state index is -0.222. The Labute approximate surface area is 95.5 Å². The Bertz CT molecular complexity index is 363. The van der Waals surface area contributed by atoms with Gasteiger partial charge in [-0.1, -0.05) is 6.07 Å². The highest BCUT2D eigenvalue weighted by Gasteiger charge is 2.22. The number of benzene rings is 1. The van der Waals surface area contributed by atoms with Crippen molar-refractivity contribution in [2.24, 2.45) is 5.92 Å². The summed E-state index contributed by atoms with van der Waals surface area (Å²) in [6, 6.07) is 4.65. The molecule has 2 N–H and O–H groups in total. The van der Waals surface area contributed by atoms with Crippen LogP contribution in [0.2, 0.25) is 0 Å². The van der Waals surface area contributed by atoms with Crippen molar-refractivity contribution in [1.29, 1.82) is 0 Å². The molecule has 16 heavy (non-hydrogen) atoms. The van der Waals surface area contributed by atoms with Gasteiger partial charge in [0.2, 0.25) is 0 Å². The summed E-state index contributed by atoms with van der Waals surface area (Å²) < 4.78 is 13.0. The minimum absolute atomic E-state index is 0.0548. The molecule has 3 heteroatoms. The number of aliphatic hydroxyl groups excluding tert-OH is 1. The zero-order chi connectivity index (χ0) is 11.5. The zero-order valence-corrected chi connectivity index (χ0v) is 9.54. The molecule has 0 aromatic heterocycles. The summed E-state index contributed by atoms with van der Waals surface area (Å²) in [4.78, 5) is 0. The maximum atomic E-state index is 13.0. The van der Waals surface area contributed by atoms with E-state index in [1.165, 1.54) is 25.0 Å². The Morgan fingerprint density at radius 2 is 2.25 bits per heavy atom. The summed E-state index contributed by atoms with van der Waals surface area (Å²) in [5.74, 6) is 0.551. The molecule has 0 bridgehead atoms. The lowest BCUT2D eigenvalue weighted by Crippen LogP contribution is -2.27. The van der Waals surface area contributed by atoms with Crippen LogP contribution in [0.25, 0.3) is 0 Å². The Balaban J connectivity index is 2.05. The average Bonchev–Trinajstić information content (AvgIpc) is 3.05. The molecule has 1 aliphatic carbocycles. The molecule has 0 aliphatic heterocycles. The topological polar surface area (TPSA) is 32.3 Å². The van der Waals surface area contributed by atoms with Crippen LogP contribution in [0.15, 0.2) is 18.2 Å². The second-order valence-corrected chi connectivity index (χ2v) is 4.59. The van der Waals surface area contributed by atoms with E-state index in [2.05, 4.69) is 5.32 Å². The van der Waals surface area contributed by atoms with Gasteiger partial charge in [0.05, 0.1) is 12.6 Å². The normalized spacial score (nSPS) is 17.4. The second kappa shape index (κ2) is 4.93. The van der Waals surface area contributed by atoms with Gasteiger partial charge in [-0.2, -0.15) is 0 Å². The van der Waals surface area contributed by atoms with Gasteiger partial charge in [0.1, 0.15) is 5.82 Å². The van der Waals surface area contributed by atoms with Crippen LogP contribution in [-0.4, -0.2) is 18.3 Å². The van der Waals surface area contributed by atoms with E-state index in [9.17, 15) is 9.50 Å². The van der Waals surface area contributed by atoms with Crippen LogP contribution >= 0.6 is 0 Å². The first-order valence-corrected chi connectivity index (χ1v) is 5.81. The molecule has 2 nitrogen and oxygen atoms in total. The first kappa shape index (κ1) is 11.6. The zero-order valence-electron chi connectivity index (χ0n) is 9.54. The predicted molar refractivity (Wildman–Crippen MR) is 61.7 cm³/mol. The Morgan fingerprint density at radius 1 is 1.50 bits per heavy atom. The highest BCUT2D eigenvalue weighted by molar-refractivity contribution is 5.29. The number of hydrogen-bond donors (Lipinski definition) is 2. The fraction of sp³-hybridized carbons (Fsp3) is 0.538. The van der Waals surface area contributed by atoms with Crippen LogP contribution in [0.4, 0.5) is 4.39 Å². The van der Waals surface area contributed by atoms with Crippen LogP contribution in [0.1, 0.15) is 30.0 Å². The molecule has 0 amide bonds. The molecular weight excluding hydrogens is 205 g/mol. The highest BCUT2D eigenvalue weighted by atomic mass is 19.1. The number of nitrogens with one attached hydrogen (secondary N) is 1. The molecule has 1 aliphatic rings. The van der Waals surface area contributed by atoms with Gasteiger partial charge in [-0.25, -0.2) is 4.39 Å². The third-order valence-electron chi connectivity index (χ3n) is 3.14. The van der Waals surface area contributed by atoms with Gasteiger partial charge < -0.3 is 10.4 Å². The van der Waals surface area contributed by atoms with E-state index in [0.717, 1.165) is 23.6 Å². The maximum absolute atomic E-state index is 13.0. The molecule has 1 atom stereocenters. The van der Waals surface area contributed by atoms with E-state index in [4.69, 9.17) is 0 Å². The van der Waals surface area contributed by atoms with E-state index in [1.807, 2.05) is 6.92 Å². The Kier molecular flexibility index (Phi) is 3.56. The number of aliphatic hydroxyl groups is 1. The van der Waals surface area contributed by atoms with E-state index in [-0.39, 0.29) is 18.5 Å². The van der Waals surface area contributed by atoms with E-state index < -0.39 is 0 Å². The van der Waals surface area contributed by atoms with E-state index in [1.54, 1.807) is 6.07 Å².